The summed E-state index contributed by atoms with van der Waals surface area (Å²) in [7, 11) is -1.21. The molecule has 0 radical (unpaired) electrons. The number of nitrogens with one attached hydrogen (secondary N) is 1. The standard InChI is InChI=1S/C22H31BrN6O3Si/c1-22(2,3)32-21(30)28-11-16-17(12-28)29(13-31-7-8-33(4,5)6)20(25-16)19-14-10-24-18(23)9-15(14)26-27-19/h9-10H,7-8,11-13H2,1-6H3,(H,26,27). The Bertz CT molecular complexity index is 1180. The van der Waals surface area contributed by atoms with E-state index in [1.165, 1.54) is 0 Å². The van der Waals surface area contributed by atoms with Crippen molar-refractivity contribution in [1.29, 1.82) is 0 Å². The zero-order valence-corrected chi connectivity index (χ0v) is 22.6. The molecular formula is C22H31BrN6O3Si. The summed E-state index contributed by atoms with van der Waals surface area (Å²) in [5.41, 5.74) is 2.83. The van der Waals surface area contributed by atoms with Gasteiger partial charge in [-0.15, -0.1) is 0 Å². The average molecular weight is 536 g/mol. The van der Waals surface area contributed by atoms with Gasteiger partial charge in [0.2, 0.25) is 0 Å². The predicted octanol–water partition coefficient (Wildman–Crippen LogP) is 5.15. The highest BCUT2D eigenvalue weighted by Gasteiger charge is 2.33. The maximum atomic E-state index is 12.6. The number of amides is 1. The van der Waals surface area contributed by atoms with Crippen LogP contribution in [0.2, 0.25) is 25.7 Å². The van der Waals surface area contributed by atoms with Crippen molar-refractivity contribution < 1.29 is 14.3 Å². The second kappa shape index (κ2) is 8.84. The molecule has 33 heavy (non-hydrogen) atoms. The molecule has 3 aromatic heterocycles. The van der Waals surface area contributed by atoms with Crippen LogP contribution in [-0.2, 0) is 29.3 Å². The number of halogens is 1. The van der Waals surface area contributed by atoms with E-state index in [9.17, 15) is 4.79 Å². The number of rotatable bonds is 6. The Hall–Kier alpha value is -2.24. The van der Waals surface area contributed by atoms with E-state index in [-0.39, 0.29) is 6.09 Å². The van der Waals surface area contributed by atoms with E-state index in [0.717, 1.165) is 38.6 Å². The van der Waals surface area contributed by atoms with Crippen molar-refractivity contribution >= 4 is 41.0 Å². The number of H-pyrrole nitrogens is 1. The van der Waals surface area contributed by atoms with Gasteiger partial charge in [0.05, 0.1) is 30.0 Å². The number of fused-ring (bicyclic) bond motifs is 2. The molecule has 0 saturated carbocycles. The van der Waals surface area contributed by atoms with Gasteiger partial charge in [-0.3, -0.25) is 10.00 Å². The third-order valence-electron chi connectivity index (χ3n) is 5.33. The Balaban J connectivity index is 1.64. The highest BCUT2D eigenvalue weighted by Crippen LogP contribution is 2.32. The molecule has 1 aliphatic heterocycles. The van der Waals surface area contributed by atoms with E-state index < -0.39 is 13.7 Å². The Morgan fingerprint density at radius 3 is 2.73 bits per heavy atom. The first kappa shape index (κ1) is 23.9. The lowest BCUT2D eigenvalue weighted by Crippen LogP contribution is -2.34. The molecule has 11 heteroatoms. The van der Waals surface area contributed by atoms with Crippen LogP contribution in [0.25, 0.3) is 22.4 Å². The predicted molar refractivity (Wildman–Crippen MR) is 132 cm³/mol. The Morgan fingerprint density at radius 1 is 1.27 bits per heavy atom. The monoisotopic (exact) mass is 534 g/mol. The van der Waals surface area contributed by atoms with Gasteiger partial charge in [-0.05, 0) is 48.8 Å². The maximum absolute atomic E-state index is 12.6. The molecule has 1 N–H and O–H groups in total. The fourth-order valence-electron chi connectivity index (χ4n) is 3.62. The average Bonchev–Trinajstić information content (AvgIpc) is 3.35. The van der Waals surface area contributed by atoms with Gasteiger partial charge in [0.25, 0.3) is 0 Å². The van der Waals surface area contributed by atoms with Crippen LogP contribution in [0.1, 0.15) is 32.2 Å². The van der Waals surface area contributed by atoms with E-state index >= 15 is 0 Å². The fourth-order valence-corrected chi connectivity index (χ4v) is 4.71. The minimum absolute atomic E-state index is 0.340. The van der Waals surface area contributed by atoms with Gasteiger partial charge in [-0.25, -0.2) is 14.8 Å². The minimum Gasteiger partial charge on any atom is -0.444 e. The van der Waals surface area contributed by atoms with Crippen LogP contribution in [0.5, 0.6) is 0 Å². The number of hydrogen-bond donors (Lipinski definition) is 1. The Kier molecular flexibility index (Phi) is 6.40. The van der Waals surface area contributed by atoms with E-state index in [1.807, 2.05) is 31.4 Å². The molecule has 4 rings (SSSR count). The van der Waals surface area contributed by atoms with Gasteiger partial charge in [0.1, 0.15) is 22.6 Å². The number of hydrogen-bond acceptors (Lipinski definition) is 6. The minimum atomic E-state index is -1.21. The second-order valence-electron chi connectivity index (χ2n) is 10.6. The van der Waals surface area contributed by atoms with Gasteiger partial charge in [-0.1, -0.05) is 19.6 Å². The SMILES string of the molecule is CC(C)(C)OC(=O)N1Cc2nc(-c3n[nH]c4cc(Br)ncc34)n(COCC[Si](C)(C)C)c2C1. The molecular weight excluding hydrogens is 504 g/mol. The van der Waals surface area contributed by atoms with Gasteiger partial charge >= 0.3 is 6.09 Å². The normalized spacial score (nSPS) is 14.2. The van der Waals surface area contributed by atoms with Gasteiger partial charge in [-0.2, -0.15) is 5.10 Å². The summed E-state index contributed by atoms with van der Waals surface area (Å²) in [5.74, 6) is 0.715. The van der Waals surface area contributed by atoms with Crippen LogP contribution in [0.15, 0.2) is 16.9 Å². The third kappa shape index (κ3) is 5.47. The number of carbonyl (C=O) groups is 1. The molecule has 0 atom stereocenters. The molecule has 1 amide bonds. The smallest absolute Gasteiger partial charge is 0.410 e. The number of nitrogens with zero attached hydrogens (tertiary/aromatic N) is 5. The molecule has 178 valence electrons. The van der Waals surface area contributed by atoms with Crippen LogP contribution in [0, 0.1) is 0 Å². The summed E-state index contributed by atoms with van der Waals surface area (Å²) in [6, 6.07) is 2.97. The summed E-state index contributed by atoms with van der Waals surface area (Å²) in [6.45, 7) is 14.4. The molecule has 0 spiro atoms. The zero-order valence-electron chi connectivity index (χ0n) is 20.0. The van der Waals surface area contributed by atoms with Crippen LogP contribution in [0.3, 0.4) is 0 Å². The van der Waals surface area contributed by atoms with Crippen molar-refractivity contribution in [3.05, 3.63) is 28.3 Å². The molecule has 0 bridgehead atoms. The summed E-state index contributed by atoms with van der Waals surface area (Å²) in [5, 5.41) is 8.48. The Morgan fingerprint density at radius 2 is 2.03 bits per heavy atom. The number of imidazole rings is 1. The fraction of sp³-hybridized carbons (Fsp3) is 0.545. The van der Waals surface area contributed by atoms with E-state index in [4.69, 9.17) is 14.5 Å². The van der Waals surface area contributed by atoms with Crippen molar-refractivity contribution in [2.45, 2.75) is 71.9 Å². The molecule has 0 fully saturated rings. The van der Waals surface area contributed by atoms with Crippen LogP contribution < -0.4 is 0 Å². The van der Waals surface area contributed by atoms with Gasteiger partial charge in [0, 0.05) is 26.3 Å². The summed E-state index contributed by atoms with van der Waals surface area (Å²) < 4.78 is 14.4. The van der Waals surface area contributed by atoms with Crippen molar-refractivity contribution in [3.63, 3.8) is 0 Å². The molecule has 0 unspecified atom stereocenters. The van der Waals surface area contributed by atoms with E-state index in [1.54, 1.807) is 11.1 Å². The van der Waals surface area contributed by atoms with Crippen LogP contribution in [0.4, 0.5) is 4.79 Å². The third-order valence-corrected chi connectivity index (χ3v) is 7.47. The van der Waals surface area contributed by atoms with Crippen molar-refractivity contribution in [2.24, 2.45) is 0 Å². The Labute approximate surface area is 203 Å². The number of carbonyl (C=O) groups excluding carboxylic acids is 1. The number of aromatic nitrogens is 5. The second-order valence-corrected chi connectivity index (χ2v) is 17.0. The number of pyridine rings is 1. The first-order chi connectivity index (χ1) is 15.4. The zero-order chi connectivity index (χ0) is 24.0. The first-order valence-electron chi connectivity index (χ1n) is 11.1. The number of aromatic amines is 1. The quantitative estimate of drug-likeness (QED) is 0.267. The lowest BCUT2D eigenvalue weighted by molar-refractivity contribution is 0.0232. The molecule has 0 aromatic carbocycles. The number of ether oxygens (including phenoxy) is 2. The van der Waals surface area contributed by atoms with Crippen molar-refractivity contribution in [3.8, 4) is 11.5 Å². The van der Waals surface area contributed by atoms with Gasteiger partial charge < -0.3 is 14.0 Å². The lowest BCUT2D eigenvalue weighted by Gasteiger charge is -2.24. The summed E-state index contributed by atoms with van der Waals surface area (Å²) in [6.07, 6.45) is 1.44. The molecule has 0 saturated heterocycles. The van der Waals surface area contributed by atoms with Gasteiger partial charge in [0.15, 0.2) is 5.82 Å². The highest BCUT2D eigenvalue weighted by atomic mass is 79.9. The van der Waals surface area contributed by atoms with Crippen LogP contribution in [-0.4, -0.2) is 56.0 Å². The largest absolute Gasteiger partial charge is 0.444 e. The summed E-state index contributed by atoms with van der Waals surface area (Å²) >= 11 is 3.40. The van der Waals surface area contributed by atoms with E-state index in [2.05, 4.69) is 50.8 Å². The summed E-state index contributed by atoms with van der Waals surface area (Å²) in [4.78, 5) is 23.5. The topological polar surface area (TPSA) is 98.2 Å². The maximum Gasteiger partial charge on any atom is 0.410 e. The van der Waals surface area contributed by atoms with Crippen molar-refractivity contribution in [2.75, 3.05) is 6.61 Å². The molecule has 4 heterocycles. The molecule has 0 aliphatic carbocycles. The first-order valence-corrected chi connectivity index (χ1v) is 15.6. The molecule has 1 aliphatic rings. The molecule has 9 nitrogen and oxygen atoms in total. The molecule has 3 aromatic rings. The highest BCUT2D eigenvalue weighted by molar-refractivity contribution is 9.10. The van der Waals surface area contributed by atoms with E-state index in [0.29, 0.717) is 32.3 Å². The lowest BCUT2D eigenvalue weighted by atomic mass is 10.2. The van der Waals surface area contributed by atoms with Crippen molar-refractivity contribution in [1.82, 2.24) is 29.6 Å². The van der Waals surface area contributed by atoms with Crippen LogP contribution >= 0.6 is 15.9 Å².